The zero-order valence-electron chi connectivity index (χ0n) is 33.1. The van der Waals surface area contributed by atoms with E-state index in [-0.39, 0.29) is 63.9 Å². The van der Waals surface area contributed by atoms with E-state index in [9.17, 15) is 38.4 Å². The lowest BCUT2D eigenvalue weighted by Gasteiger charge is -2.26. The van der Waals surface area contributed by atoms with E-state index in [1.54, 1.807) is 66.1 Å². The third kappa shape index (κ3) is 17.0. The molecule has 0 unspecified atom stereocenters. The highest BCUT2D eigenvalue weighted by atomic mass is 16.6. The largest absolute Gasteiger partial charge is 0.445 e. The molecule has 0 bridgehead atoms. The van der Waals surface area contributed by atoms with Crippen molar-refractivity contribution in [2.24, 2.45) is 5.73 Å². The van der Waals surface area contributed by atoms with E-state index in [0.29, 0.717) is 36.1 Å². The third-order valence-corrected chi connectivity index (χ3v) is 8.22. The second-order valence-corrected chi connectivity index (χ2v) is 14.4. The van der Waals surface area contributed by atoms with Crippen LogP contribution in [0.3, 0.4) is 0 Å². The molecule has 1 aliphatic rings. The molecular weight excluding hydrogens is 728 g/mol. The highest BCUT2D eigenvalue weighted by Gasteiger charge is 2.28. The number of nitrogens with one attached hydrogen (secondary N) is 4. The minimum absolute atomic E-state index is 0.0583. The molecule has 2 rings (SSSR count). The fourth-order valence-corrected chi connectivity index (χ4v) is 5.06. The monoisotopic (exact) mass is 784 g/mol. The molecule has 1 aromatic rings. The predicted molar refractivity (Wildman–Crippen MR) is 207 cm³/mol. The highest BCUT2D eigenvalue weighted by Crippen LogP contribution is 2.14. The van der Waals surface area contributed by atoms with E-state index in [1.165, 1.54) is 22.0 Å². The number of benzene rings is 1. The molecule has 9 amide bonds. The van der Waals surface area contributed by atoms with E-state index >= 15 is 0 Å². The van der Waals surface area contributed by atoms with Crippen LogP contribution in [0.25, 0.3) is 0 Å². The summed E-state index contributed by atoms with van der Waals surface area (Å²) < 4.78 is 10.7. The van der Waals surface area contributed by atoms with Gasteiger partial charge in [-0.3, -0.25) is 28.9 Å². The molecule has 18 nitrogen and oxygen atoms in total. The molecule has 1 aliphatic heterocycles. The predicted octanol–water partition coefficient (Wildman–Crippen LogP) is 2.54. The smallest absolute Gasteiger partial charge is 0.410 e. The quantitative estimate of drug-likeness (QED) is 0.0694. The zero-order chi connectivity index (χ0) is 42.0. The van der Waals surface area contributed by atoms with Crippen molar-refractivity contribution in [1.82, 2.24) is 30.7 Å². The maximum Gasteiger partial charge on any atom is 0.410 e. The average molecular weight is 785 g/mol. The summed E-state index contributed by atoms with van der Waals surface area (Å²) in [6.45, 7) is 11.5. The van der Waals surface area contributed by atoms with Crippen LogP contribution < -0.4 is 27.0 Å². The van der Waals surface area contributed by atoms with Crippen LogP contribution in [0.2, 0.25) is 0 Å². The Labute approximate surface area is 327 Å². The zero-order valence-corrected chi connectivity index (χ0v) is 33.1. The fraction of sp³-hybridized carbons (Fsp3) is 0.526. The molecule has 0 fully saturated rings. The van der Waals surface area contributed by atoms with Crippen molar-refractivity contribution in [2.75, 3.05) is 45.6 Å². The first-order valence-electron chi connectivity index (χ1n) is 18.3. The van der Waals surface area contributed by atoms with Crippen LogP contribution in [0.5, 0.6) is 0 Å². The van der Waals surface area contributed by atoms with Crippen LogP contribution in [0.15, 0.2) is 48.6 Å². The lowest BCUT2D eigenvalue weighted by Crippen LogP contribution is -2.53. The number of hydrogen-bond donors (Lipinski definition) is 5. The summed E-state index contributed by atoms with van der Waals surface area (Å²) in [6.07, 6.45) is 3.33. The topological polar surface area (TPSA) is 239 Å². The van der Waals surface area contributed by atoms with Crippen molar-refractivity contribution < 1.29 is 47.8 Å². The van der Waals surface area contributed by atoms with Crippen LogP contribution in [0.4, 0.5) is 20.1 Å². The molecule has 308 valence electrons. The molecule has 18 heteroatoms. The SMILES string of the molecule is C=C(C)[C@@H](NC(=O)CCCCCN1C(=O)C=CC1=O)C(=O)N[C@H](CCCNC(N)=O)C(=O)Nc1ccc(COC(=O)N(C)CCN(C)C(=O)OC(C)(C)C)cc1. The van der Waals surface area contributed by atoms with E-state index in [0.717, 1.165) is 4.90 Å². The average Bonchev–Trinajstić information content (AvgIpc) is 3.44. The van der Waals surface area contributed by atoms with Gasteiger partial charge in [0.1, 0.15) is 24.3 Å². The number of carbonyl (C=O) groups excluding carboxylic acids is 8. The first kappa shape index (κ1) is 46.2. The summed E-state index contributed by atoms with van der Waals surface area (Å²) in [5.74, 6) is -2.37. The molecule has 2 atom stereocenters. The summed E-state index contributed by atoms with van der Waals surface area (Å²) in [5, 5.41) is 10.5. The van der Waals surface area contributed by atoms with Gasteiger partial charge < -0.3 is 46.3 Å². The maximum atomic E-state index is 13.4. The molecular formula is C38H56N8O10. The molecule has 0 aliphatic carbocycles. The third-order valence-electron chi connectivity index (χ3n) is 8.22. The Bertz CT molecular complexity index is 1600. The Hall–Kier alpha value is -5.94. The standard InChI is InChI=1S/C38H56N8O10/c1-25(2)32(43-29(47)13-9-8-10-21-46-30(48)18-19-31(46)49)34(51)42-28(12-11-20-40-35(39)52)33(50)41-27-16-14-26(15-17-27)24-55-36(53)44(6)22-23-45(7)37(54)56-38(3,4)5/h14-19,28,32H,1,8-13,20-24H2,2-7H3,(H,41,50)(H,42,51)(H,43,47)(H3,39,40,52)/t28-,32-/m1/s1. The van der Waals surface area contributed by atoms with Gasteiger partial charge in [-0.2, -0.15) is 0 Å². The number of carbonyl (C=O) groups is 8. The molecule has 0 saturated heterocycles. The van der Waals surface area contributed by atoms with Crippen molar-refractivity contribution in [3.05, 3.63) is 54.1 Å². The number of nitrogens with two attached hydrogens (primary N) is 1. The van der Waals surface area contributed by atoms with Crippen LogP contribution in [0, 0.1) is 0 Å². The number of amides is 9. The minimum atomic E-state index is -1.14. The second-order valence-electron chi connectivity index (χ2n) is 14.4. The number of rotatable bonds is 21. The Kier molecular flexibility index (Phi) is 18.5. The lowest BCUT2D eigenvalue weighted by atomic mass is 10.1. The van der Waals surface area contributed by atoms with Gasteiger partial charge in [-0.1, -0.05) is 25.1 Å². The maximum absolute atomic E-state index is 13.4. The molecule has 0 saturated carbocycles. The Morgan fingerprint density at radius 2 is 1.46 bits per heavy atom. The number of likely N-dealkylation sites (N-methyl/N-ethyl adjacent to an activating group) is 2. The summed E-state index contributed by atoms with van der Waals surface area (Å²) >= 11 is 0. The van der Waals surface area contributed by atoms with Gasteiger partial charge in [-0.15, -0.1) is 0 Å². The molecule has 1 heterocycles. The number of anilines is 1. The van der Waals surface area contributed by atoms with Crippen LogP contribution in [-0.4, -0.2) is 120 Å². The second kappa shape index (κ2) is 22.4. The van der Waals surface area contributed by atoms with Crippen molar-refractivity contribution in [3.8, 4) is 0 Å². The van der Waals surface area contributed by atoms with Gasteiger partial charge in [0.15, 0.2) is 0 Å². The first-order chi connectivity index (χ1) is 26.3. The van der Waals surface area contributed by atoms with Crippen molar-refractivity contribution in [1.29, 1.82) is 0 Å². The minimum Gasteiger partial charge on any atom is -0.445 e. The van der Waals surface area contributed by atoms with Gasteiger partial charge in [-0.25, -0.2) is 14.4 Å². The first-order valence-corrected chi connectivity index (χ1v) is 18.3. The molecule has 56 heavy (non-hydrogen) atoms. The summed E-state index contributed by atoms with van der Waals surface area (Å²) in [7, 11) is 3.12. The van der Waals surface area contributed by atoms with Crippen LogP contribution >= 0.6 is 0 Å². The molecule has 0 spiro atoms. The summed E-state index contributed by atoms with van der Waals surface area (Å²) in [4.78, 5) is 103. The van der Waals surface area contributed by atoms with Gasteiger partial charge in [0.25, 0.3) is 11.8 Å². The number of imide groups is 1. The van der Waals surface area contributed by atoms with Gasteiger partial charge in [-0.05, 0) is 76.6 Å². The Balaban J connectivity index is 1.92. The van der Waals surface area contributed by atoms with Gasteiger partial charge in [0, 0.05) is 64.5 Å². The lowest BCUT2D eigenvalue weighted by molar-refractivity contribution is -0.137. The molecule has 1 aromatic carbocycles. The number of nitrogens with zero attached hydrogens (tertiary/aromatic N) is 3. The van der Waals surface area contributed by atoms with E-state index in [4.69, 9.17) is 15.2 Å². The van der Waals surface area contributed by atoms with Gasteiger partial charge in [0.05, 0.1) is 0 Å². The number of ether oxygens (including phenoxy) is 2. The van der Waals surface area contributed by atoms with Gasteiger partial charge in [0.2, 0.25) is 17.7 Å². The van der Waals surface area contributed by atoms with Crippen LogP contribution in [-0.2, 0) is 40.1 Å². The number of primary amides is 1. The van der Waals surface area contributed by atoms with E-state index in [2.05, 4.69) is 27.8 Å². The Morgan fingerprint density at radius 3 is 2.04 bits per heavy atom. The van der Waals surface area contributed by atoms with Crippen molar-refractivity contribution in [3.63, 3.8) is 0 Å². The number of hydrogen-bond acceptors (Lipinski definition) is 10. The van der Waals surface area contributed by atoms with Crippen molar-refractivity contribution in [2.45, 2.75) is 90.5 Å². The number of unbranched alkanes of at least 4 members (excludes halogenated alkanes) is 2. The van der Waals surface area contributed by atoms with Crippen molar-refractivity contribution >= 4 is 53.4 Å². The Morgan fingerprint density at radius 1 is 0.857 bits per heavy atom. The van der Waals surface area contributed by atoms with E-state index in [1.807, 2.05) is 0 Å². The van der Waals surface area contributed by atoms with E-state index < -0.39 is 53.6 Å². The highest BCUT2D eigenvalue weighted by molar-refractivity contribution is 6.12. The molecule has 0 aromatic heterocycles. The van der Waals surface area contributed by atoms with Gasteiger partial charge >= 0.3 is 18.2 Å². The normalized spacial score (nSPS) is 13.3. The summed E-state index contributed by atoms with van der Waals surface area (Å²) in [5.41, 5.74) is 5.86. The summed E-state index contributed by atoms with van der Waals surface area (Å²) in [6, 6.07) is 3.55. The fourth-order valence-electron chi connectivity index (χ4n) is 5.06. The number of urea groups is 1. The molecule has 0 radical (unpaired) electrons. The molecule has 6 N–H and O–H groups in total. The van der Waals surface area contributed by atoms with Crippen LogP contribution in [0.1, 0.15) is 71.8 Å².